The van der Waals surface area contributed by atoms with Crippen LogP contribution in [0, 0.1) is 17.1 Å². The zero-order chi connectivity index (χ0) is 20.1. The number of allylic oxidation sites excluding steroid dienone is 1. The maximum atomic E-state index is 14.0. The van der Waals surface area contributed by atoms with E-state index < -0.39 is 5.82 Å². The second-order valence-corrected chi connectivity index (χ2v) is 7.61. The summed E-state index contributed by atoms with van der Waals surface area (Å²) in [5.41, 5.74) is 1.93. The van der Waals surface area contributed by atoms with Crippen molar-refractivity contribution < 1.29 is 9.13 Å². The highest BCUT2D eigenvalue weighted by Crippen LogP contribution is 2.36. The quantitative estimate of drug-likeness (QED) is 0.281. The van der Waals surface area contributed by atoms with Crippen LogP contribution in [-0.4, -0.2) is 0 Å². The third kappa shape index (κ3) is 4.94. The van der Waals surface area contributed by atoms with E-state index in [1.165, 1.54) is 12.1 Å². The van der Waals surface area contributed by atoms with Gasteiger partial charge in [-0.25, -0.2) is 4.39 Å². The molecule has 2 nitrogen and oxygen atoms in total. The van der Waals surface area contributed by atoms with Gasteiger partial charge >= 0.3 is 0 Å². The summed E-state index contributed by atoms with van der Waals surface area (Å²) in [6.07, 6.45) is 1.54. The number of nitrogens with zero attached hydrogens (tertiary/aromatic N) is 1. The zero-order valence-corrected chi connectivity index (χ0v) is 17.5. The Labute approximate surface area is 180 Å². The molecule has 140 valence electrons. The van der Waals surface area contributed by atoms with Crippen LogP contribution in [0.2, 0.25) is 10.0 Å². The van der Waals surface area contributed by atoms with Gasteiger partial charge in [0.2, 0.25) is 0 Å². The number of hydrogen-bond donors (Lipinski definition) is 0. The maximum absolute atomic E-state index is 14.0. The fraction of sp³-hybridized carbons (Fsp3) is 0.0455. The lowest BCUT2D eigenvalue weighted by Gasteiger charge is -2.11. The van der Waals surface area contributed by atoms with E-state index in [1.807, 2.05) is 30.3 Å². The fourth-order valence-corrected chi connectivity index (χ4v) is 3.43. The van der Waals surface area contributed by atoms with E-state index in [4.69, 9.17) is 27.9 Å². The minimum absolute atomic E-state index is 0.175. The lowest BCUT2D eigenvalue weighted by molar-refractivity contribution is 0.306. The van der Waals surface area contributed by atoms with E-state index in [9.17, 15) is 9.65 Å². The molecule has 0 unspecified atom stereocenters. The Morgan fingerprint density at radius 3 is 2.32 bits per heavy atom. The number of rotatable bonds is 5. The van der Waals surface area contributed by atoms with Crippen LogP contribution in [0.3, 0.4) is 0 Å². The molecule has 0 aliphatic rings. The molecule has 6 heteroatoms. The van der Waals surface area contributed by atoms with Crippen LogP contribution < -0.4 is 4.74 Å². The van der Waals surface area contributed by atoms with Gasteiger partial charge in [0.25, 0.3) is 0 Å². The molecule has 3 rings (SSSR count). The van der Waals surface area contributed by atoms with Crippen molar-refractivity contribution in [3.63, 3.8) is 0 Å². The van der Waals surface area contributed by atoms with Gasteiger partial charge in [0.05, 0.1) is 21.7 Å². The lowest BCUT2D eigenvalue weighted by atomic mass is 10.0. The zero-order valence-electron chi connectivity index (χ0n) is 14.4. The first-order valence-electron chi connectivity index (χ1n) is 8.21. The Balaban J connectivity index is 1.86. The topological polar surface area (TPSA) is 33.0 Å². The first-order valence-corrected chi connectivity index (χ1v) is 9.76. The summed E-state index contributed by atoms with van der Waals surface area (Å²) in [6, 6.07) is 19.0. The van der Waals surface area contributed by atoms with Gasteiger partial charge in [-0.3, -0.25) is 0 Å². The van der Waals surface area contributed by atoms with Crippen molar-refractivity contribution in [3.05, 3.63) is 97.7 Å². The van der Waals surface area contributed by atoms with Crippen molar-refractivity contribution >= 4 is 50.8 Å². The van der Waals surface area contributed by atoms with E-state index >= 15 is 0 Å². The molecule has 0 aromatic heterocycles. The SMILES string of the molecule is N#C/C(=C/c1cc(Cl)c(OCc2ccc(Br)cc2)c(Cl)c1)c1ccccc1F. The molecule has 0 aliphatic carbocycles. The average molecular weight is 477 g/mol. The second kappa shape index (κ2) is 9.25. The first kappa shape index (κ1) is 20.4. The molecule has 0 heterocycles. The summed E-state index contributed by atoms with van der Waals surface area (Å²) >= 11 is 16.0. The Kier molecular flexibility index (Phi) is 6.74. The van der Waals surface area contributed by atoms with E-state index in [0.29, 0.717) is 28.0 Å². The highest BCUT2D eigenvalue weighted by molar-refractivity contribution is 9.10. The van der Waals surface area contributed by atoms with E-state index in [-0.39, 0.29) is 11.1 Å². The van der Waals surface area contributed by atoms with Crippen LogP contribution in [0.1, 0.15) is 16.7 Å². The van der Waals surface area contributed by atoms with Crippen LogP contribution >= 0.6 is 39.1 Å². The van der Waals surface area contributed by atoms with Gasteiger partial charge < -0.3 is 4.74 Å². The largest absolute Gasteiger partial charge is 0.486 e. The molecule has 0 saturated carbocycles. The van der Waals surface area contributed by atoms with Gasteiger partial charge in [-0.1, -0.05) is 69.5 Å². The van der Waals surface area contributed by atoms with Gasteiger partial charge in [0.1, 0.15) is 12.4 Å². The number of ether oxygens (including phenoxy) is 1. The maximum Gasteiger partial charge on any atom is 0.157 e. The molecule has 0 fully saturated rings. The Bertz CT molecular complexity index is 1050. The molecular weight excluding hydrogens is 464 g/mol. The predicted octanol–water partition coefficient (Wildman–Crippen LogP) is 7.54. The molecule has 3 aromatic carbocycles. The molecule has 0 aliphatic heterocycles. The molecular formula is C22H13BrCl2FNO. The van der Waals surface area contributed by atoms with Crippen molar-refractivity contribution in [1.29, 1.82) is 5.26 Å². The molecule has 0 amide bonds. The number of hydrogen-bond acceptors (Lipinski definition) is 2. The Hall–Kier alpha value is -2.32. The molecule has 0 saturated heterocycles. The van der Waals surface area contributed by atoms with Crippen molar-refractivity contribution in [3.8, 4) is 11.8 Å². The van der Waals surface area contributed by atoms with Crippen molar-refractivity contribution in [1.82, 2.24) is 0 Å². The summed E-state index contributed by atoms with van der Waals surface area (Å²) < 4.78 is 20.7. The van der Waals surface area contributed by atoms with Crippen LogP contribution in [0.15, 0.2) is 65.1 Å². The van der Waals surface area contributed by atoms with Crippen molar-refractivity contribution in [2.75, 3.05) is 0 Å². The summed E-state index contributed by atoms with van der Waals surface area (Å²) in [5, 5.41) is 10.0. The minimum atomic E-state index is -0.470. The first-order chi connectivity index (χ1) is 13.5. The van der Waals surface area contributed by atoms with Crippen LogP contribution in [0.25, 0.3) is 11.6 Å². The van der Waals surface area contributed by atoms with Crippen molar-refractivity contribution in [2.24, 2.45) is 0 Å². The van der Waals surface area contributed by atoms with E-state index in [2.05, 4.69) is 15.9 Å². The second-order valence-electron chi connectivity index (χ2n) is 5.88. The molecule has 28 heavy (non-hydrogen) atoms. The molecule has 0 bridgehead atoms. The molecule has 0 spiro atoms. The fourth-order valence-electron chi connectivity index (χ4n) is 2.55. The van der Waals surface area contributed by atoms with Gasteiger partial charge in [-0.15, -0.1) is 0 Å². The highest BCUT2D eigenvalue weighted by atomic mass is 79.9. The minimum Gasteiger partial charge on any atom is -0.486 e. The standard InChI is InChI=1S/C22H13BrCl2FNO/c23-17-7-5-14(6-8-17)13-28-22-19(24)10-15(11-20(22)25)9-16(12-27)18-3-1-2-4-21(18)26/h1-11H,13H2/b16-9-. The number of halogens is 4. The summed E-state index contributed by atoms with van der Waals surface area (Å²) in [4.78, 5) is 0. The molecule has 0 N–H and O–H groups in total. The highest BCUT2D eigenvalue weighted by Gasteiger charge is 2.12. The summed E-state index contributed by atoms with van der Waals surface area (Å²) in [6.45, 7) is 0.306. The third-order valence-corrected chi connectivity index (χ3v) is 5.00. The monoisotopic (exact) mass is 475 g/mol. The molecule has 3 aromatic rings. The van der Waals surface area contributed by atoms with Gasteiger partial charge in [-0.2, -0.15) is 5.26 Å². The Morgan fingerprint density at radius 1 is 1.07 bits per heavy atom. The third-order valence-electron chi connectivity index (χ3n) is 3.91. The summed E-state index contributed by atoms with van der Waals surface area (Å²) in [5.74, 6) is -0.116. The van der Waals surface area contributed by atoms with Crippen LogP contribution in [0.4, 0.5) is 4.39 Å². The smallest absolute Gasteiger partial charge is 0.157 e. The normalized spacial score (nSPS) is 11.2. The van der Waals surface area contributed by atoms with Gasteiger partial charge in [0, 0.05) is 10.0 Å². The van der Waals surface area contributed by atoms with E-state index in [0.717, 1.165) is 10.0 Å². The predicted molar refractivity (Wildman–Crippen MR) is 115 cm³/mol. The number of benzene rings is 3. The van der Waals surface area contributed by atoms with Gasteiger partial charge in [-0.05, 0) is 47.5 Å². The number of nitriles is 1. The Morgan fingerprint density at radius 2 is 1.71 bits per heavy atom. The van der Waals surface area contributed by atoms with E-state index in [1.54, 1.807) is 30.3 Å². The lowest BCUT2D eigenvalue weighted by Crippen LogP contribution is -1.97. The molecule has 0 radical (unpaired) electrons. The average Bonchev–Trinajstić information content (AvgIpc) is 2.67. The van der Waals surface area contributed by atoms with Crippen LogP contribution in [0.5, 0.6) is 5.75 Å². The van der Waals surface area contributed by atoms with Crippen LogP contribution in [-0.2, 0) is 6.61 Å². The van der Waals surface area contributed by atoms with Crippen molar-refractivity contribution in [2.45, 2.75) is 6.61 Å². The summed E-state index contributed by atoms with van der Waals surface area (Å²) in [7, 11) is 0. The van der Waals surface area contributed by atoms with Gasteiger partial charge in [0.15, 0.2) is 5.75 Å². The molecule has 0 atom stereocenters.